The molecule has 0 spiro atoms. The number of hydrogen-bond donors (Lipinski definition) is 1. The maximum absolute atomic E-state index is 12.4. The average Bonchev–Trinajstić information content (AvgIpc) is 3.18. The number of nitrogens with zero attached hydrogens (tertiary/aromatic N) is 1. The predicted molar refractivity (Wildman–Crippen MR) is 81.4 cm³/mol. The van der Waals surface area contributed by atoms with Gasteiger partial charge in [0.1, 0.15) is 0 Å². The highest BCUT2D eigenvalue weighted by Gasteiger charge is 2.44. The van der Waals surface area contributed by atoms with Gasteiger partial charge in [-0.3, -0.25) is 0 Å². The monoisotopic (exact) mass is 284 g/mol. The number of carbonyl (C=O) groups excluding carboxylic acids is 1. The lowest BCUT2D eigenvalue weighted by molar-refractivity contribution is 0.0326. The summed E-state index contributed by atoms with van der Waals surface area (Å²) in [4.78, 5) is 18.0. The highest BCUT2D eigenvalue weighted by Crippen LogP contribution is 2.40. The van der Waals surface area contributed by atoms with Gasteiger partial charge in [0.05, 0.1) is 12.2 Å². The summed E-state index contributed by atoms with van der Waals surface area (Å²) in [6.45, 7) is 5.99. The lowest BCUT2D eigenvalue weighted by Crippen LogP contribution is -2.27. The Morgan fingerprint density at radius 1 is 1.38 bits per heavy atom. The van der Waals surface area contributed by atoms with Crippen LogP contribution in [-0.2, 0) is 4.74 Å². The molecule has 2 aliphatic heterocycles. The largest absolute Gasteiger partial charge is 0.461 e. The molecule has 0 amide bonds. The normalized spacial score (nSPS) is 27.4. The van der Waals surface area contributed by atoms with Crippen molar-refractivity contribution in [1.29, 1.82) is 0 Å². The minimum Gasteiger partial charge on any atom is -0.461 e. The van der Waals surface area contributed by atoms with Crippen molar-refractivity contribution in [2.45, 2.75) is 19.8 Å². The minimum absolute atomic E-state index is 0.202. The highest BCUT2D eigenvalue weighted by atomic mass is 16.5. The van der Waals surface area contributed by atoms with Gasteiger partial charge in [-0.2, -0.15) is 0 Å². The molecular formula is C17H20N2O2. The highest BCUT2D eigenvalue weighted by molar-refractivity contribution is 6.04. The number of carbonyl (C=O) groups is 1. The molecule has 3 heterocycles. The number of esters is 1. The van der Waals surface area contributed by atoms with Crippen molar-refractivity contribution in [1.82, 2.24) is 9.88 Å². The number of fused-ring (bicyclic) bond motifs is 3. The van der Waals surface area contributed by atoms with Crippen molar-refractivity contribution in [3.05, 3.63) is 35.5 Å². The van der Waals surface area contributed by atoms with Crippen LogP contribution in [0.4, 0.5) is 0 Å². The van der Waals surface area contributed by atoms with Crippen molar-refractivity contribution in [3.63, 3.8) is 0 Å². The van der Waals surface area contributed by atoms with Gasteiger partial charge in [0.2, 0.25) is 0 Å². The Bertz CT molecular complexity index is 696. The molecule has 21 heavy (non-hydrogen) atoms. The van der Waals surface area contributed by atoms with Crippen LogP contribution in [0.15, 0.2) is 24.4 Å². The second-order valence-corrected chi connectivity index (χ2v) is 6.60. The Hall–Kier alpha value is -1.81. The van der Waals surface area contributed by atoms with E-state index in [2.05, 4.69) is 9.88 Å². The van der Waals surface area contributed by atoms with E-state index in [9.17, 15) is 4.79 Å². The molecule has 4 nitrogen and oxygen atoms in total. The predicted octanol–water partition coefficient (Wildman–Crippen LogP) is 2.73. The van der Waals surface area contributed by atoms with Gasteiger partial charge in [0.25, 0.3) is 0 Å². The third kappa shape index (κ3) is 2.14. The fraction of sp³-hybridized carbons (Fsp3) is 0.471. The molecule has 2 fully saturated rings. The summed E-state index contributed by atoms with van der Waals surface area (Å²) in [7, 11) is 0. The van der Waals surface area contributed by atoms with E-state index in [1.165, 1.54) is 0 Å². The molecule has 110 valence electrons. The number of aromatic nitrogens is 1. The van der Waals surface area contributed by atoms with Gasteiger partial charge in [0, 0.05) is 29.1 Å². The third-order valence-corrected chi connectivity index (χ3v) is 5.04. The van der Waals surface area contributed by atoms with Crippen LogP contribution in [0.5, 0.6) is 0 Å². The van der Waals surface area contributed by atoms with E-state index in [1.54, 1.807) is 6.20 Å². The van der Waals surface area contributed by atoms with Gasteiger partial charge in [-0.15, -0.1) is 0 Å². The van der Waals surface area contributed by atoms with E-state index in [-0.39, 0.29) is 11.4 Å². The van der Waals surface area contributed by atoms with Gasteiger partial charge in [-0.1, -0.05) is 11.6 Å². The Balaban J connectivity index is 1.52. The molecule has 2 bridgehead atoms. The molecule has 0 aliphatic carbocycles. The van der Waals surface area contributed by atoms with Crippen LogP contribution < -0.4 is 0 Å². The number of rotatable bonds is 3. The Morgan fingerprint density at radius 3 is 2.90 bits per heavy atom. The first-order chi connectivity index (χ1) is 10.2. The lowest BCUT2D eigenvalue weighted by atomic mass is 9.86. The van der Waals surface area contributed by atoms with Gasteiger partial charge in [-0.05, 0) is 45.0 Å². The summed E-state index contributed by atoms with van der Waals surface area (Å²) in [5.41, 5.74) is 3.01. The maximum Gasteiger partial charge on any atom is 0.340 e. The molecule has 1 aromatic heterocycles. The van der Waals surface area contributed by atoms with Crippen LogP contribution in [0, 0.1) is 12.3 Å². The Kier molecular flexibility index (Phi) is 2.82. The zero-order valence-electron chi connectivity index (χ0n) is 12.3. The first kappa shape index (κ1) is 12.9. The molecule has 4 rings (SSSR count). The number of hydrogen-bond acceptors (Lipinski definition) is 3. The van der Waals surface area contributed by atoms with Crippen LogP contribution in [0.3, 0.4) is 0 Å². The maximum atomic E-state index is 12.4. The van der Waals surface area contributed by atoms with Gasteiger partial charge < -0.3 is 14.6 Å². The third-order valence-electron chi connectivity index (χ3n) is 5.04. The molecule has 2 aromatic rings. The summed E-state index contributed by atoms with van der Waals surface area (Å²) in [6.07, 6.45) is 4.08. The second kappa shape index (κ2) is 4.60. The number of benzene rings is 1. The van der Waals surface area contributed by atoms with E-state index in [0.717, 1.165) is 48.9 Å². The SMILES string of the molecule is Cc1ccc2[nH]cc(C(=O)OCC34CCN(CC3)C4)c2c1. The van der Waals surface area contributed by atoms with E-state index in [0.29, 0.717) is 12.2 Å². The molecule has 1 N–H and O–H groups in total. The van der Waals surface area contributed by atoms with E-state index in [1.807, 2.05) is 25.1 Å². The number of aromatic amines is 1. The topological polar surface area (TPSA) is 45.3 Å². The van der Waals surface area contributed by atoms with Crippen LogP contribution in [0.2, 0.25) is 0 Å². The molecule has 0 saturated carbocycles. The summed E-state index contributed by atoms with van der Waals surface area (Å²) < 4.78 is 5.65. The van der Waals surface area contributed by atoms with Crippen molar-refractivity contribution >= 4 is 16.9 Å². The molecule has 0 radical (unpaired) electrons. The summed E-state index contributed by atoms with van der Waals surface area (Å²) in [6, 6.07) is 6.08. The van der Waals surface area contributed by atoms with Crippen molar-refractivity contribution in [2.75, 3.05) is 26.2 Å². The van der Waals surface area contributed by atoms with E-state index < -0.39 is 0 Å². The number of ether oxygens (including phenoxy) is 1. The molecule has 2 saturated heterocycles. The van der Waals surface area contributed by atoms with Crippen molar-refractivity contribution in [3.8, 4) is 0 Å². The van der Waals surface area contributed by atoms with E-state index in [4.69, 9.17) is 4.74 Å². The van der Waals surface area contributed by atoms with Gasteiger partial charge in [0.15, 0.2) is 0 Å². The molecule has 0 unspecified atom stereocenters. The summed E-state index contributed by atoms with van der Waals surface area (Å²) >= 11 is 0. The molecule has 2 aliphatic rings. The Morgan fingerprint density at radius 2 is 2.19 bits per heavy atom. The molecular weight excluding hydrogens is 264 g/mol. The second-order valence-electron chi connectivity index (χ2n) is 6.60. The van der Waals surface area contributed by atoms with Gasteiger partial charge >= 0.3 is 5.97 Å². The fourth-order valence-electron chi connectivity index (χ4n) is 3.71. The summed E-state index contributed by atoms with van der Waals surface area (Å²) in [5, 5.41) is 0.956. The van der Waals surface area contributed by atoms with Crippen LogP contribution in [0.1, 0.15) is 28.8 Å². The quantitative estimate of drug-likeness (QED) is 0.881. The fourth-order valence-corrected chi connectivity index (χ4v) is 3.71. The minimum atomic E-state index is -0.202. The zero-order chi connectivity index (χ0) is 14.4. The molecule has 4 heteroatoms. The lowest BCUT2D eigenvalue weighted by Gasteiger charge is -2.24. The zero-order valence-corrected chi connectivity index (χ0v) is 12.3. The number of piperidine rings is 1. The molecule has 1 aromatic carbocycles. The average molecular weight is 284 g/mol. The number of H-pyrrole nitrogens is 1. The smallest absolute Gasteiger partial charge is 0.340 e. The van der Waals surface area contributed by atoms with Gasteiger partial charge in [-0.25, -0.2) is 4.79 Å². The van der Waals surface area contributed by atoms with E-state index >= 15 is 0 Å². The Labute approximate surface area is 124 Å². The standard InChI is InChI=1S/C17H20N2O2/c1-12-2-3-15-13(8-12)14(9-18-15)16(20)21-11-17-4-6-19(10-17)7-5-17/h2-3,8-9,18H,4-7,10-11H2,1H3. The first-order valence-corrected chi connectivity index (χ1v) is 7.63. The number of aryl methyl sites for hydroxylation is 1. The van der Waals surface area contributed by atoms with Crippen LogP contribution >= 0.6 is 0 Å². The summed E-state index contributed by atoms with van der Waals surface area (Å²) in [5.74, 6) is -0.202. The van der Waals surface area contributed by atoms with Crippen molar-refractivity contribution in [2.24, 2.45) is 5.41 Å². The van der Waals surface area contributed by atoms with Crippen molar-refractivity contribution < 1.29 is 9.53 Å². The van der Waals surface area contributed by atoms with Crippen LogP contribution in [-0.4, -0.2) is 42.1 Å². The van der Waals surface area contributed by atoms with Crippen LogP contribution in [0.25, 0.3) is 10.9 Å². The molecule has 0 atom stereocenters. The first-order valence-electron chi connectivity index (χ1n) is 7.63. The number of nitrogens with one attached hydrogen (secondary N) is 1.